The van der Waals surface area contributed by atoms with Gasteiger partial charge < -0.3 is 4.57 Å². The minimum Gasteiger partial charge on any atom is -0.328 e. The predicted octanol–water partition coefficient (Wildman–Crippen LogP) is -0.702. The molecular weight excluding hydrogens is 268 g/mol. The van der Waals surface area contributed by atoms with E-state index in [2.05, 4.69) is 15.1 Å². The molecule has 3 rings (SSSR count). The molecule has 0 bridgehead atoms. The summed E-state index contributed by atoms with van der Waals surface area (Å²) in [6.07, 6.45) is 6.12. The summed E-state index contributed by atoms with van der Waals surface area (Å²) in [6, 6.07) is 0. The van der Waals surface area contributed by atoms with Crippen molar-refractivity contribution in [2.24, 2.45) is 0 Å². The van der Waals surface area contributed by atoms with Crippen LogP contribution in [0.3, 0.4) is 0 Å². The lowest BCUT2D eigenvalue weighted by Gasteiger charge is -2.26. The van der Waals surface area contributed by atoms with Gasteiger partial charge in [0.15, 0.2) is 0 Å². The molecule has 102 valence electrons. The lowest BCUT2D eigenvalue weighted by atomic mass is 10.4. The van der Waals surface area contributed by atoms with E-state index in [-0.39, 0.29) is 0 Å². The second kappa shape index (κ2) is 4.42. The van der Waals surface area contributed by atoms with Crippen molar-refractivity contribution in [3.8, 4) is 0 Å². The SMILES string of the molecule is CS(=O)(=O)N1CCn2c(Cn3cncn3)cnc2C1. The smallest absolute Gasteiger partial charge is 0.211 e. The third-order valence-corrected chi connectivity index (χ3v) is 4.42. The summed E-state index contributed by atoms with van der Waals surface area (Å²) in [6.45, 7) is 2.01. The van der Waals surface area contributed by atoms with E-state index in [0.717, 1.165) is 11.5 Å². The highest BCUT2D eigenvalue weighted by Gasteiger charge is 2.25. The third kappa shape index (κ3) is 2.38. The Morgan fingerprint density at radius 3 is 2.89 bits per heavy atom. The van der Waals surface area contributed by atoms with Crippen molar-refractivity contribution in [1.29, 1.82) is 0 Å². The van der Waals surface area contributed by atoms with Gasteiger partial charge in [-0.05, 0) is 0 Å². The van der Waals surface area contributed by atoms with Gasteiger partial charge in [-0.3, -0.25) is 0 Å². The Morgan fingerprint density at radius 1 is 1.37 bits per heavy atom. The summed E-state index contributed by atoms with van der Waals surface area (Å²) in [7, 11) is -3.16. The Morgan fingerprint density at radius 2 is 2.21 bits per heavy atom. The van der Waals surface area contributed by atoms with Crippen molar-refractivity contribution in [3.63, 3.8) is 0 Å². The van der Waals surface area contributed by atoms with E-state index in [9.17, 15) is 8.42 Å². The second-order valence-electron chi connectivity index (χ2n) is 4.51. The number of fused-ring (bicyclic) bond motifs is 1. The van der Waals surface area contributed by atoms with E-state index in [1.54, 1.807) is 17.2 Å². The van der Waals surface area contributed by atoms with Crippen LogP contribution in [0, 0.1) is 0 Å². The number of nitrogens with zero attached hydrogens (tertiary/aromatic N) is 6. The maximum atomic E-state index is 11.5. The Kier molecular flexibility index (Phi) is 2.86. The lowest BCUT2D eigenvalue weighted by Crippen LogP contribution is -2.38. The Hall–Kier alpha value is -1.74. The first-order chi connectivity index (χ1) is 9.04. The van der Waals surface area contributed by atoms with Crippen molar-refractivity contribution in [1.82, 2.24) is 28.6 Å². The molecule has 0 unspecified atom stereocenters. The number of sulfonamides is 1. The monoisotopic (exact) mass is 282 g/mol. The molecule has 2 aromatic heterocycles. The maximum Gasteiger partial charge on any atom is 0.211 e. The first-order valence-corrected chi connectivity index (χ1v) is 7.69. The first-order valence-electron chi connectivity index (χ1n) is 5.85. The van der Waals surface area contributed by atoms with Crippen LogP contribution >= 0.6 is 0 Å². The van der Waals surface area contributed by atoms with Crippen LogP contribution < -0.4 is 0 Å². The largest absolute Gasteiger partial charge is 0.328 e. The zero-order valence-electron chi connectivity index (χ0n) is 10.5. The molecule has 8 nitrogen and oxygen atoms in total. The average Bonchev–Trinajstić information content (AvgIpc) is 2.98. The molecule has 0 fully saturated rings. The molecule has 0 saturated carbocycles. The van der Waals surface area contributed by atoms with E-state index in [0.29, 0.717) is 26.2 Å². The van der Waals surface area contributed by atoms with Crippen molar-refractivity contribution < 1.29 is 8.42 Å². The molecule has 0 amide bonds. The van der Waals surface area contributed by atoms with Crippen LogP contribution in [0.2, 0.25) is 0 Å². The molecule has 1 aliphatic heterocycles. The van der Waals surface area contributed by atoms with Crippen LogP contribution in [-0.2, 0) is 29.7 Å². The van der Waals surface area contributed by atoms with E-state index >= 15 is 0 Å². The fourth-order valence-corrected chi connectivity index (χ4v) is 2.95. The van der Waals surface area contributed by atoms with Crippen molar-refractivity contribution in [2.75, 3.05) is 12.8 Å². The molecule has 0 atom stereocenters. The molecule has 9 heteroatoms. The van der Waals surface area contributed by atoms with Gasteiger partial charge in [0.05, 0.1) is 31.2 Å². The Balaban J connectivity index is 1.84. The molecule has 0 radical (unpaired) electrons. The summed E-state index contributed by atoms with van der Waals surface area (Å²) in [5.41, 5.74) is 1.01. The molecule has 0 aromatic carbocycles. The Labute approximate surface area is 110 Å². The van der Waals surface area contributed by atoms with E-state index < -0.39 is 10.0 Å². The second-order valence-corrected chi connectivity index (χ2v) is 6.49. The lowest BCUT2D eigenvalue weighted by molar-refractivity contribution is 0.333. The van der Waals surface area contributed by atoms with Crippen LogP contribution in [0.15, 0.2) is 18.9 Å². The normalized spacial score (nSPS) is 16.5. The molecule has 3 heterocycles. The fraction of sp³-hybridized carbons (Fsp3) is 0.500. The standard InChI is InChI=1S/C10H14N6O2S/c1-19(17,18)15-2-3-16-9(4-12-10(16)6-15)5-14-8-11-7-13-14/h4,7-8H,2-3,5-6H2,1H3. The molecule has 0 saturated heterocycles. The van der Waals surface area contributed by atoms with E-state index in [4.69, 9.17) is 0 Å². The molecule has 0 spiro atoms. The zero-order valence-corrected chi connectivity index (χ0v) is 11.3. The van der Waals surface area contributed by atoms with Crippen molar-refractivity contribution >= 4 is 10.0 Å². The molecule has 0 N–H and O–H groups in total. The van der Waals surface area contributed by atoms with Crippen molar-refractivity contribution in [3.05, 3.63) is 30.4 Å². The van der Waals surface area contributed by atoms with Gasteiger partial charge in [-0.25, -0.2) is 23.1 Å². The number of imidazole rings is 1. The maximum absolute atomic E-state index is 11.5. The number of aromatic nitrogens is 5. The van der Waals surface area contributed by atoms with Crippen LogP contribution in [-0.4, -0.2) is 49.8 Å². The molecule has 19 heavy (non-hydrogen) atoms. The highest BCUT2D eigenvalue weighted by Crippen LogP contribution is 2.16. The quantitative estimate of drug-likeness (QED) is 0.743. The van der Waals surface area contributed by atoms with Gasteiger partial charge in [0.2, 0.25) is 10.0 Å². The van der Waals surface area contributed by atoms with Gasteiger partial charge in [-0.2, -0.15) is 9.40 Å². The summed E-state index contributed by atoms with van der Waals surface area (Å²) in [4.78, 5) is 8.19. The highest BCUT2D eigenvalue weighted by molar-refractivity contribution is 7.88. The zero-order chi connectivity index (χ0) is 13.5. The van der Waals surface area contributed by atoms with E-state index in [1.807, 2.05) is 4.57 Å². The van der Waals surface area contributed by atoms with Gasteiger partial charge in [-0.15, -0.1) is 0 Å². The molecule has 0 aliphatic carbocycles. The summed E-state index contributed by atoms with van der Waals surface area (Å²) >= 11 is 0. The van der Waals surface area contributed by atoms with Gasteiger partial charge in [-0.1, -0.05) is 0 Å². The third-order valence-electron chi connectivity index (χ3n) is 3.17. The van der Waals surface area contributed by atoms with Crippen LogP contribution in [0.4, 0.5) is 0 Å². The molecule has 2 aromatic rings. The predicted molar refractivity (Wildman–Crippen MR) is 66.6 cm³/mol. The number of hydrogen-bond acceptors (Lipinski definition) is 5. The molecular formula is C10H14N6O2S. The summed E-state index contributed by atoms with van der Waals surface area (Å²) in [5.74, 6) is 0.770. The van der Waals surface area contributed by atoms with Gasteiger partial charge in [0.25, 0.3) is 0 Å². The Bertz CT molecular complexity index is 675. The number of rotatable bonds is 3. The van der Waals surface area contributed by atoms with E-state index in [1.165, 1.54) is 16.9 Å². The van der Waals surface area contributed by atoms with Crippen LogP contribution in [0.25, 0.3) is 0 Å². The molecule has 1 aliphatic rings. The average molecular weight is 282 g/mol. The summed E-state index contributed by atoms with van der Waals surface area (Å²) in [5, 5.41) is 4.05. The van der Waals surface area contributed by atoms with Crippen LogP contribution in [0.5, 0.6) is 0 Å². The minimum atomic E-state index is -3.16. The topological polar surface area (TPSA) is 85.9 Å². The summed E-state index contributed by atoms with van der Waals surface area (Å²) < 4.78 is 28.3. The minimum absolute atomic E-state index is 0.330. The van der Waals surface area contributed by atoms with Crippen molar-refractivity contribution in [2.45, 2.75) is 19.6 Å². The van der Waals surface area contributed by atoms with Gasteiger partial charge in [0, 0.05) is 13.1 Å². The van der Waals surface area contributed by atoms with Crippen LogP contribution in [0.1, 0.15) is 11.5 Å². The van der Waals surface area contributed by atoms with Gasteiger partial charge >= 0.3 is 0 Å². The highest BCUT2D eigenvalue weighted by atomic mass is 32.2. The van der Waals surface area contributed by atoms with Gasteiger partial charge in [0.1, 0.15) is 18.5 Å². The first kappa shape index (κ1) is 12.3. The number of hydrogen-bond donors (Lipinski definition) is 0. The fourth-order valence-electron chi connectivity index (χ4n) is 2.19.